The Kier molecular flexibility index (Phi) is 4.97. The second-order valence-electron chi connectivity index (χ2n) is 7.19. The van der Waals surface area contributed by atoms with Crippen LogP contribution in [0.25, 0.3) is 0 Å². The van der Waals surface area contributed by atoms with E-state index in [9.17, 15) is 4.79 Å². The lowest BCUT2D eigenvalue weighted by Gasteiger charge is -2.23. The van der Waals surface area contributed by atoms with Crippen LogP contribution in [0.5, 0.6) is 0 Å². The highest BCUT2D eigenvalue weighted by atomic mass is 16.5. The van der Waals surface area contributed by atoms with Crippen LogP contribution in [0, 0.1) is 12.8 Å². The molecule has 2 aromatic heterocycles. The van der Waals surface area contributed by atoms with Crippen LogP contribution in [0.4, 0.5) is 0 Å². The Labute approximate surface area is 152 Å². The lowest BCUT2D eigenvalue weighted by atomic mass is 9.96. The Morgan fingerprint density at radius 3 is 3.08 bits per heavy atom. The van der Waals surface area contributed by atoms with Crippen molar-refractivity contribution >= 4 is 5.91 Å². The van der Waals surface area contributed by atoms with Gasteiger partial charge in [0.15, 0.2) is 5.69 Å². The zero-order valence-corrected chi connectivity index (χ0v) is 15.1. The average molecular weight is 356 g/mol. The third-order valence-electron chi connectivity index (χ3n) is 5.14. The molecule has 1 atom stereocenters. The highest BCUT2D eigenvalue weighted by Crippen LogP contribution is 2.25. The van der Waals surface area contributed by atoms with Crippen LogP contribution in [0.2, 0.25) is 0 Å². The second-order valence-corrected chi connectivity index (χ2v) is 7.19. The van der Waals surface area contributed by atoms with Crippen LogP contribution >= 0.6 is 0 Å². The Bertz CT molecular complexity index is 789. The third kappa shape index (κ3) is 3.62. The molecular formula is C19H24N4O3. The van der Waals surface area contributed by atoms with Crippen molar-refractivity contribution in [2.75, 3.05) is 26.3 Å². The third-order valence-corrected chi connectivity index (χ3v) is 5.14. The molecule has 0 bridgehead atoms. The number of carbonyl (C=O) groups is 1. The molecule has 7 nitrogen and oxygen atoms in total. The fourth-order valence-corrected chi connectivity index (χ4v) is 3.81. The maximum Gasteiger partial charge on any atom is 0.276 e. The van der Waals surface area contributed by atoms with Crippen molar-refractivity contribution in [2.24, 2.45) is 5.92 Å². The van der Waals surface area contributed by atoms with Crippen LogP contribution in [0.1, 0.15) is 46.0 Å². The van der Waals surface area contributed by atoms with Crippen molar-refractivity contribution in [1.82, 2.24) is 20.0 Å². The summed E-state index contributed by atoms with van der Waals surface area (Å²) in [6, 6.07) is 1.99. The minimum absolute atomic E-state index is 0.0359. The summed E-state index contributed by atoms with van der Waals surface area (Å²) in [4.78, 5) is 23.4. The summed E-state index contributed by atoms with van der Waals surface area (Å²) in [5.41, 5.74) is 3.44. The highest BCUT2D eigenvalue weighted by molar-refractivity contribution is 5.94. The van der Waals surface area contributed by atoms with E-state index in [0.717, 1.165) is 54.8 Å². The average Bonchev–Trinajstić information content (AvgIpc) is 2.94. The molecule has 26 heavy (non-hydrogen) atoms. The summed E-state index contributed by atoms with van der Waals surface area (Å²) in [6.07, 6.45) is 6.32. The first-order valence-electron chi connectivity index (χ1n) is 9.32. The van der Waals surface area contributed by atoms with Gasteiger partial charge < -0.3 is 14.2 Å². The van der Waals surface area contributed by atoms with Gasteiger partial charge in [0, 0.05) is 42.4 Å². The summed E-state index contributed by atoms with van der Waals surface area (Å²) in [5, 5.41) is 4.10. The summed E-state index contributed by atoms with van der Waals surface area (Å²) >= 11 is 0. The lowest BCUT2D eigenvalue weighted by molar-refractivity contribution is 0.0726. The lowest BCUT2D eigenvalue weighted by Crippen LogP contribution is -2.37. The Morgan fingerprint density at radius 1 is 1.31 bits per heavy atom. The normalized spacial score (nSPS) is 20.5. The largest absolute Gasteiger partial charge is 0.379 e. The first kappa shape index (κ1) is 17.1. The first-order valence-corrected chi connectivity index (χ1v) is 9.32. The van der Waals surface area contributed by atoms with E-state index < -0.39 is 0 Å². The number of nitrogens with zero attached hydrogens (tertiary/aromatic N) is 4. The molecule has 3 heterocycles. The van der Waals surface area contributed by atoms with Crippen LogP contribution in [-0.4, -0.2) is 52.2 Å². The van der Waals surface area contributed by atoms with Crippen molar-refractivity contribution in [2.45, 2.75) is 39.0 Å². The van der Waals surface area contributed by atoms with E-state index in [4.69, 9.17) is 9.26 Å². The maximum atomic E-state index is 13.1. The van der Waals surface area contributed by atoms with Gasteiger partial charge in [0.1, 0.15) is 12.1 Å². The van der Waals surface area contributed by atoms with E-state index in [1.807, 2.05) is 17.9 Å². The molecule has 0 unspecified atom stereocenters. The predicted molar refractivity (Wildman–Crippen MR) is 93.8 cm³/mol. The fraction of sp³-hybridized carbons (Fsp3) is 0.579. The Balaban J connectivity index is 1.49. The summed E-state index contributed by atoms with van der Waals surface area (Å²) in [7, 11) is 0. The molecule has 2 aliphatic rings. The van der Waals surface area contributed by atoms with E-state index in [2.05, 4.69) is 15.1 Å². The van der Waals surface area contributed by atoms with Crippen molar-refractivity contribution in [3.8, 4) is 0 Å². The number of aryl methyl sites for hydroxylation is 2. The number of fused-ring (bicyclic) bond motifs is 1. The number of hydrogen-bond donors (Lipinski definition) is 0. The van der Waals surface area contributed by atoms with Gasteiger partial charge >= 0.3 is 0 Å². The number of ether oxygens (including phenoxy) is 1. The molecule has 0 N–H and O–H groups in total. The molecule has 2 aromatic rings. The van der Waals surface area contributed by atoms with E-state index >= 15 is 0 Å². The Hall–Kier alpha value is -2.28. The monoisotopic (exact) mass is 356 g/mol. The quantitative estimate of drug-likeness (QED) is 0.836. The minimum atomic E-state index is -0.0359. The van der Waals surface area contributed by atoms with E-state index in [1.165, 1.54) is 0 Å². The molecule has 7 heteroatoms. The second kappa shape index (κ2) is 7.53. The number of carbonyl (C=O) groups excluding carboxylic acids is 1. The smallest absolute Gasteiger partial charge is 0.276 e. The molecule has 1 fully saturated rings. The van der Waals surface area contributed by atoms with Crippen molar-refractivity contribution < 1.29 is 14.1 Å². The Morgan fingerprint density at radius 2 is 2.19 bits per heavy atom. The molecule has 1 aliphatic carbocycles. The first-order chi connectivity index (χ1) is 12.7. The van der Waals surface area contributed by atoms with Crippen molar-refractivity contribution in [3.05, 3.63) is 40.8 Å². The summed E-state index contributed by atoms with van der Waals surface area (Å²) in [6.45, 7) is 4.36. The van der Waals surface area contributed by atoms with Crippen LogP contribution in [0.3, 0.4) is 0 Å². The summed E-state index contributed by atoms with van der Waals surface area (Å²) in [5.74, 6) is 1.06. The molecule has 0 saturated carbocycles. The van der Waals surface area contributed by atoms with Crippen LogP contribution in [-0.2, 0) is 24.0 Å². The molecule has 0 radical (unpaired) electrons. The zero-order valence-electron chi connectivity index (χ0n) is 15.1. The van der Waals surface area contributed by atoms with Gasteiger partial charge in [-0.15, -0.1) is 0 Å². The van der Waals surface area contributed by atoms with Gasteiger partial charge in [-0.25, -0.2) is 9.97 Å². The predicted octanol–water partition coefficient (Wildman–Crippen LogP) is 1.98. The number of aromatic nitrogens is 3. The molecule has 0 aromatic carbocycles. The van der Waals surface area contributed by atoms with E-state index in [-0.39, 0.29) is 11.8 Å². The topological polar surface area (TPSA) is 81.4 Å². The van der Waals surface area contributed by atoms with E-state index in [0.29, 0.717) is 32.0 Å². The van der Waals surface area contributed by atoms with Gasteiger partial charge in [0.2, 0.25) is 0 Å². The maximum absolute atomic E-state index is 13.1. The van der Waals surface area contributed by atoms with Gasteiger partial charge in [-0.2, -0.15) is 0 Å². The zero-order chi connectivity index (χ0) is 17.9. The van der Waals surface area contributed by atoms with Gasteiger partial charge in [0.05, 0.1) is 13.2 Å². The minimum Gasteiger partial charge on any atom is -0.379 e. The number of rotatable bonds is 3. The standard InChI is InChI=1S/C19H24N4O3/c1-13-8-15(21-12-20-13)9-14-10-23(6-7-25-11-14)19(24)18-16-4-2-3-5-17(16)26-22-18/h8,12,14H,2-7,9-11H2,1H3/t14-/m0/s1. The van der Waals surface area contributed by atoms with Crippen LogP contribution < -0.4 is 0 Å². The van der Waals surface area contributed by atoms with Gasteiger partial charge in [-0.3, -0.25) is 4.79 Å². The number of hydrogen-bond acceptors (Lipinski definition) is 6. The van der Waals surface area contributed by atoms with E-state index in [1.54, 1.807) is 6.33 Å². The highest BCUT2D eigenvalue weighted by Gasteiger charge is 2.30. The van der Waals surface area contributed by atoms with Crippen molar-refractivity contribution in [1.29, 1.82) is 0 Å². The molecule has 1 aliphatic heterocycles. The van der Waals surface area contributed by atoms with Crippen molar-refractivity contribution in [3.63, 3.8) is 0 Å². The van der Waals surface area contributed by atoms with Crippen LogP contribution in [0.15, 0.2) is 16.9 Å². The summed E-state index contributed by atoms with van der Waals surface area (Å²) < 4.78 is 11.2. The SMILES string of the molecule is Cc1cc(C[C@@H]2COCCN(C(=O)c3noc4c3CCCC4)C2)ncn1. The molecule has 0 spiro atoms. The van der Waals surface area contributed by atoms with Gasteiger partial charge in [-0.05, 0) is 38.7 Å². The van der Waals surface area contributed by atoms with Gasteiger partial charge in [-0.1, -0.05) is 5.16 Å². The number of amides is 1. The van der Waals surface area contributed by atoms with Gasteiger partial charge in [0.25, 0.3) is 5.91 Å². The molecule has 138 valence electrons. The molecule has 1 amide bonds. The molecule has 4 rings (SSSR count). The molecular weight excluding hydrogens is 332 g/mol. The fourth-order valence-electron chi connectivity index (χ4n) is 3.81. The molecule has 1 saturated heterocycles.